The first-order valence-corrected chi connectivity index (χ1v) is 16.1. The molecule has 0 aromatic carbocycles. The molecule has 3 aliphatic heterocycles. The van der Waals surface area contributed by atoms with Crippen LogP contribution < -0.4 is 50.7 Å². The normalized spacial score (nSPS) is 18.2. The van der Waals surface area contributed by atoms with E-state index in [-0.39, 0.29) is 41.9 Å². The molecule has 3 aliphatic rings. The van der Waals surface area contributed by atoms with Crippen molar-refractivity contribution in [3.05, 3.63) is 92.1 Å². The maximum absolute atomic E-state index is 12.8. The zero-order valence-electron chi connectivity index (χ0n) is 29.4. The second kappa shape index (κ2) is 15.2. The van der Waals surface area contributed by atoms with Crippen molar-refractivity contribution in [3.8, 4) is 0 Å². The van der Waals surface area contributed by atoms with E-state index >= 15 is 0 Å². The van der Waals surface area contributed by atoms with Crippen molar-refractivity contribution in [1.29, 1.82) is 0 Å². The molecule has 0 saturated heterocycles. The molecule has 1 atom stereocenters. The third-order valence-corrected chi connectivity index (χ3v) is 9.43. The zero-order valence-corrected chi connectivity index (χ0v) is 31.4. The minimum Gasteiger partial charge on any atom is -0.550 e. The summed E-state index contributed by atoms with van der Waals surface area (Å²) in [6.07, 6.45) is 13.5. The van der Waals surface area contributed by atoms with Crippen LogP contribution in [0.15, 0.2) is 57.7 Å². The van der Waals surface area contributed by atoms with Crippen molar-refractivity contribution in [1.82, 2.24) is 20.2 Å². The molecule has 5 heterocycles. The van der Waals surface area contributed by atoms with Crippen LogP contribution in [-0.2, 0) is 22.4 Å². The van der Waals surface area contributed by atoms with Crippen LogP contribution in [0.25, 0.3) is 24.3 Å². The number of carboxylic acid groups (broad SMARTS) is 1. The molecular weight excluding hydrogens is 611 g/mol. The van der Waals surface area contributed by atoms with Crippen LogP contribution in [0.1, 0.15) is 66.8 Å². The van der Waals surface area contributed by atoms with Gasteiger partial charge < -0.3 is 30.1 Å². The molecule has 2 aromatic rings. The predicted molar refractivity (Wildman–Crippen MR) is 189 cm³/mol. The summed E-state index contributed by atoms with van der Waals surface area (Å²) in [6, 6.07) is 0. The number of nitrogens with one attached hydrogen (secondary N) is 3. The largest absolute Gasteiger partial charge is 1.00 e. The Kier molecular flexibility index (Phi) is 11.7. The number of amides is 1. The quantitative estimate of drug-likeness (QED) is 0.295. The van der Waals surface area contributed by atoms with Gasteiger partial charge in [0.05, 0.1) is 22.7 Å². The Morgan fingerprint density at radius 2 is 1.77 bits per heavy atom. The Bertz CT molecular complexity index is 1950. The van der Waals surface area contributed by atoms with Crippen LogP contribution >= 0.6 is 0 Å². The molecule has 246 valence electrons. The van der Waals surface area contributed by atoms with Gasteiger partial charge in [0.25, 0.3) is 0 Å². The van der Waals surface area contributed by atoms with Crippen LogP contribution in [0.4, 0.5) is 0 Å². The van der Waals surface area contributed by atoms with E-state index < -0.39 is 11.5 Å². The van der Waals surface area contributed by atoms with Gasteiger partial charge in [0.2, 0.25) is 5.91 Å². The number of rotatable bonds is 11. The fourth-order valence-electron chi connectivity index (χ4n) is 6.65. The van der Waals surface area contributed by atoms with Crippen LogP contribution in [0.5, 0.6) is 0 Å². The summed E-state index contributed by atoms with van der Waals surface area (Å²) in [4.78, 5) is 43.9. The summed E-state index contributed by atoms with van der Waals surface area (Å²) < 4.78 is 0. The number of carbonyl (C=O) groups excluding carboxylic acids is 2. The van der Waals surface area contributed by atoms with Crippen molar-refractivity contribution in [2.45, 2.75) is 65.3 Å². The number of nitrogens with zero attached hydrogens (tertiary/aromatic N) is 3. The van der Waals surface area contributed by atoms with Gasteiger partial charge >= 0.3 is 29.6 Å². The number of hydrogen-bond acceptors (Lipinski definition) is 6. The van der Waals surface area contributed by atoms with Crippen molar-refractivity contribution < 1.29 is 44.3 Å². The summed E-state index contributed by atoms with van der Waals surface area (Å²) in [5.74, 6) is -1.11. The summed E-state index contributed by atoms with van der Waals surface area (Å²) in [7, 11) is 3.95. The number of carboxylic acids is 1. The molecule has 1 unspecified atom stereocenters. The molecular formula is C38H45N6NaO3. The topological polar surface area (TPSA) is 129 Å². The Labute approximate surface area is 305 Å². The first-order chi connectivity index (χ1) is 22.3. The molecule has 10 heteroatoms. The maximum Gasteiger partial charge on any atom is 1.00 e. The average molecular weight is 657 g/mol. The van der Waals surface area contributed by atoms with E-state index in [1.807, 2.05) is 63.2 Å². The number of aliphatic carboxylic acids is 1. The predicted octanol–water partition coefficient (Wildman–Crippen LogP) is 0.00214. The second-order valence-corrected chi connectivity index (χ2v) is 13.1. The number of allylic oxidation sites excluding steroid dienone is 3. The number of hydrogen-bond donors (Lipinski definition) is 3. The van der Waals surface area contributed by atoms with Crippen LogP contribution in [0.2, 0.25) is 0 Å². The first-order valence-electron chi connectivity index (χ1n) is 16.1. The third kappa shape index (κ3) is 7.76. The van der Waals surface area contributed by atoms with Crippen molar-refractivity contribution in [2.24, 2.45) is 9.98 Å². The molecule has 9 nitrogen and oxygen atoms in total. The number of aliphatic imine (C=N–C) groups is 2. The number of carbonyl (C=O) groups is 2. The SMILES string of the molecule is C=CC1=CC2=NC1(C)Cc1[nH]c(c(CCC(=O)[O-])c1C)C=C1N=C(C=c3[nH]c(c(C=C)c3C)=C2)C(C)=C1CCC(=O)NCCN(C)C.[Na+]. The smallest absolute Gasteiger partial charge is 0.550 e. The number of aromatic nitrogens is 2. The number of fused-ring (bicyclic) bond motifs is 6. The van der Waals surface area contributed by atoms with E-state index in [1.165, 1.54) is 0 Å². The molecule has 3 N–H and O–H groups in total. The van der Waals surface area contributed by atoms with Gasteiger partial charge in [-0.25, -0.2) is 4.99 Å². The van der Waals surface area contributed by atoms with Gasteiger partial charge in [0, 0.05) is 59.6 Å². The van der Waals surface area contributed by atoms with E-state index in [0.29, 0.717) is 32.2 Å². The third-order valence-electron chi connectivity index (χ3n) is 9.43. The Morgan fingerprint density at radius 3 is 2.44 bits per heavy atom. The number of likely N-dealkylation sites (N-methyl/N-ethyl adjacent to an activating group) is 1. The molecule has 0 saturated carbocycles. The summed E-state index contributed by atoms with van der Waals surface area (Å²) in [6.45, 7) is 17.7. The van der Waals surface area contributed by atoms with Crippen molar-refractivity contribution in [2.75, 3.05) is 27.2 Å². The Balaban J connectivity index is 0.00000520. The van der Waals surface area contributed by atoms with Gasteiger partial charge in [-0.3, -0.25) is 9.79 Å². The van der Waals surface area contributed by atoms with Gasteiger partial charge in [-0.15, -0.1) is 0 Å². The van der Waals surface area contributed by atoms with Gasteiger partial charge in [-0.2, -0.15) is 0 Å². The fraction of sp³-hybridized carbons (Fsp3) is 0.368. The molecule has 8 bridgehead atoms. The van der Waals surface area contributed by atoms with Crippen LogP contribution in [0.3, 0.4) is 0 Å². The standard InChI is InChI=1S/C38H46N6O3.Na/c1-9-25-17-26-18-32-27(10-2)22(3)30(40-32)19-31-23(4)28(11-13-36(45)39-15-16-44(7)8)33(41-31)20-34-29(12-14-37(46)47)24(5)35(42-34)21-38(25,6)43-26;/h9-10,17-20,40,42H,1-2,11-16,21H2,3-8H3,(H,39,45)(H,46,47);/q;+1/p-1. The Hall–Kier alpha value is -3.76. The van der Waals surface area contributed by atoms with Gasteiger partial charge in [-0.05, 0) is 119 Å². The molecule has 0 fully saturated rings. The average Bonchev–Trinajstić information content (AvgIpc) is 3.67. The van der Waals surface area contributed by atoms with Gasteiger partial charge in [-0.1, -0.05) is 25.3 Å². The minimum absolute atomic E-state index is 0. The van der Waals surface area contributed by atoms with Crippen molar-refractivity contribution in [3.63, 3.8) is 0 Å². The zero-order chi connectivity index (χ0) is 34.0. The first kappa shape index (κ1) is 37.1. The monoisotopic (exact) mass is 656 g/mol. The van der Waals surface area contributed by atoms with Crippen LogP contribution in [-0.4, -0.2) is 70.9 Å². The minimum atomic E-state index is -1.10. The van der Waals surface area contributed by atoms with E-state index in [4.69, 9.17) is 9.98 Å². The number of H-pyrrole nitrogens is 2. The van der Waals surface area contributed by atoms with E-state index in [9.17, 15) is 14.7 Å². The molecule has 0 radical (unpaired) electrons. The summed E-state index contributed by atoms with van der Waals surface area (Å²) in [5.41, 5.74) is 10.5. The molecule has 5 rings (SSSR count). The molecule has 0 aliphatic carbocycles. The van der Waals surface area contributed by atoms with Crippen LogP contribution in [0, 0.1) is 13.8 Å². The van der Waals surface area contributed by atoms with Crippen molar-refractivity contribution >= 4 is 47.6 Å². The molecule has 2 aromatic heterocycles. The van der Waals surface area contributed by atoms with Gasteiger partial charge in [0.15, 0.2) is 0 Å². The Morgan fingerprint density at radius 1 is 1.02 bits per heavy atom. The van der Waals surface area contributed by atoms with Gasteiger partial charge in [0.1, 0.15) is 0 Å². The fourth-order valence-corrected chi connectivity index (χ4v) is 6.65. The summed E-state index contributed by atoms with van der Waals surface area (Å²) >= 11 is 0. The molecule has 48 heavy (non-hydrogen) atoms. The summed E-state index contributed by atoms with van der Waals surface area (Å²) in [5, 5.41) is 16.4. The number of aromatic amines is 2. The van der Waals surface area contributed by atoms with E-state index in [1.54, 1.807) is 0 Å². The molecule has 1 amide bonds. The second-order valence-electron chi connectivity index (χ2n) is 13.1. The maximum atomic E-state index is 12.8. The molecule has 0 spiro atoms. The van der Waals surface area contributed by atoms with E-state index in [2.05, 4.69) is 48.4 Å². The van der Waals surface area contributed by atoms with E-state index in [0.717, 1.165) is 84.7 Å².